The van der Waals surface area contributed by atoms with Crippen molar-refractivity contribution in [3.8, 4) is 5.75 Å². The fourth-order valence-electron chi connectivity index (χ4n) is 2.97. The van der Waals surface area contributed by atoms with Crippen LogP contribution in [0.25, 0.3) is 5.78 Å². The Bertz CT molecular complexity index is 951. The second kappa shape index (κ2) is 7.02. The van der Waals surface area contributed by atoms with Gasteiger partial charge in [0.2, 0.25) is 11.7 Å². The molecule has 0 atom stereocenters. The van der Waals surface area contributed by atoms with E-state index in [9.17, 15) is 9.59 Å². The molecule has 0 N–H and O–H groups in total. The number of hydrogen-bond acceptors (Lipinski definition) is 6. The number of fused-ring (bicyclic) bond motifs is 1. The van der Waals surface area contributed by atoms with Crippen LogP contribution in [0.5, 0.6) is 5.75 Å². The van der Waals surface area contributed by atoms with Crippen molar-refractivity contribution in [2.75, 3.05) is 26.7 Å². The van der Waals surface area contributed by atoms with E-state index in [1.54, 1.807) is 30.5 Å². The average molecular weight is 366 g/mol. The van der Waals surface area contributed by atoms with E-state index in [0.717, 1.165) is 11.3 Å². The normalized spacial score (nSPS) is 14.6. The molecule has 3 heterocycles. The zero-order valence-corrected chi connectivity index (χ0v) is 14.8. The maximum absolute atomic E-state index is 12.6. The number of rotatable bonds is 4. The van der Waals surface area contributed by atoms with Gasteiger partial charge in [-0.1, -0.05) is 12.1 Å². The van der Waals surface area contributed by atoms with E-state index in [0.29, 0.717) is 25.4 Å². The minimum absolute atomic E-state index is 0.0119. The molecule has 3 aromatic rings. The Kier molecular flexibility index (Phi) is 4.41. The summed E-state index contributed by atoms with van der Waals surface area (Å²) in [5, 5.41) is 4.13. The lowest BCUT2D eigenvalue weighted by molar-refractivity contribution is -0.135. The lowest BCUT2D eigenvalue weighted by Gasteiger charge is -2.33. The molecule has 0 saturated carbocycles. The summed E-state index contributed by atoms with van der Waals surface area (Å²) in [7, 11) is 1.61. The summed E-state index contributed by atoms with van der Waals surface area (Å²) >= 11 is 0. The molecule has 9 heteroatoms. The average Bonchev–Trinajstić information content (AvgIpc) is 3.14. The van der Waals surface area contributed by atoms with Crippen LogP contribution in [0, 0.1) is 0 Å². The second-order valence-corrected chi connectivity index (χ2v) is 6.19. The van der Waals surface area contributed by atoms with Crippen molar-refractivity contribution in [3.05, 3.63) is 54.1 Å². The first-order valence-electron chi connectivity index (χ1n) is 8.51. The first-order valence-corrected chi connectivity index (χ1v) is 8.51. The van der Waals surface area contributed by atoms with Crippen LogP contribution >= 0.6 is 0 Å². The van der Waals surface area contributed by atoms with Crippen molar-refractivity contribution in [1.29, 1.82) is 0 Å². The summed E-state index contributed by atoms with van der Waals surface area (Å²) in [6, 6.07) is 9.29. The Balaban J connectivity index is 1.41. The summed E-state index contributed by atoms with van der Waals surface area (Å²) in [4.78, 5) is 36.5. The Hall–Kier alpha value is -3.49. The molecule has 4 rings (SSSR count). The Morgan fingerprint density at radius 1 is 1.22 bits per heavy atom. The minimum atomic E-state index is -0.363. The monoisotopic (exact) mass is 366 g/mol. The molecule has 1 aliphatic rings. The van der Waals surface area contributed by atoms with Gasteiger partial charge >= 0.3 is 0 Å². The molecule has 1 fully saturated rings. The number of hydrogen-bond donors (Lipinski definition) is 0. The highest BCUT2D eigenvalue weighted by atomic mass is 16.5. The molecule has 0 aliphatic carbocycles. The number of carbonyl (C=O) groups is 2. The molecule has 138 valence electrons. The van der Waals surface area contributed by atoms with Gasteiger partial charge in [0.15, 0.2) is 0 Å². The van der Waals surface area contributed by atoms with Crippen LogP contribution in [-0.2, 0) is 11.3 Å². The van der Waals surface area contributed by atoms with Crippen molar-refractivity contribution >= 4 is 17.6 Å². The number of piperazine rings is 1. The predicted molar refractivity (Wildman–Crippen MR) is 95.1 cm³/mol. The molecule has 1 aromatic carbocycles. The standard InChI is InChI=1S/C18H18N6O3/c1-27-14-5-3-13(4-6-14)11-22-9-10-23(12-15(22)25)17(26)16-20-18-19-7-2-8-24(18)21-16/h2-8H,9-12H2,1H3. The Morgan fingerprint density at radius 2 is 2.04 bits per heavy atom. The summed E-state index contributed by atoms with van der Waals surface area (Å²) in [5.41, 5.74) is 1.01. The van der Waals surface area contributed by atoms with Gasteiger partial charge in [0.25, 0.3) is 11.7 Å². The lowest BCUT2D eigenvalue weighted by atomic mass is 10.2. The summed E-state index contributed by atoms with van der Waals surface area (Å²) in [5.74, 6) is 0.704. The van der Waals surface area contributed by atoms with Crippen molar-refractivity contribution in [3.63, 3.8) is 0 Å². The van der Waals surface area contributed by atoms with Gasteiger partial charge in [0.05, 0.1) is 7.11 Å². The van der Waals surface area contributed by atoms with Crippen LogP contribution in [0.15, 0.2) is 42.7 Å². The lowest BCUT2D eigenvalue weighted by Crippen LogP contribution is -2.52. The van der Waals surface area contributed by atoms with E-state index < -0.39 is 0 Å². The summed E-state index contributed by atoms with van der Waals surface area (Å²) in [6.45, 7) is 1.41. The maximum atomic E-state index is 12.6. The van der Waals surface area contributed by atoms with Crippen molar-refractivity contribution in [1.82, 2.24) is 29.4 Å². The predicted octanol–water partition coefficient (Wildman–Crippen LogP) is 0.617. The van der Waals surface area contributed by atoms with Crippen LogP contribution in [0.2, 0.25) is 0 Å². The van der Waals surface area contributed by atoms with Crippen molar-refractivity contribution < 1.29 is 14.3 Å². The smallest absolute Gasteiger partial charge is 0.294 e. The second-order valence-electron chi connectivity index (χ2n) is 6.19. The minimum Gasteiger partial charge on any atom is -0.497 e. The van der Waals surface area contributed by atoms with Gasteiger partial charge in [0, 0.05) is 32.0 Å². The Morgan fingerprint density at radius 3 is 2.74 bits per heavy atom. The van der Waals surface area contributed by atoms with E-state index in [1.165, 1.54) is 9.42 Å². The quantitative estimate of drug-likeness (QED) is 0.672. The SMILES string of the molecule is COc1ccc(CN2CCN(C(=O)c3nc4ncccn4n3)CC2=O)cc1. The third-order valence-corrected chi connectivity index (χ3v) is 4.45. The third-order valence-electron chi connectivity index (χ3n) is 4.45. The van der Waals surface area contributed by atoms with Crippen LogP contribution in [0.3, 0.4) is 0 Å². The topological polar surface area (TPSA) is 92.9 Å². The molecule has 2 amide bonds. The summed E-state index contributed by atoms with van der Waals surface area (Å²) < 4.78 is 6.58. The van der Waals surface area contributed by atoms with Crippen LogP contribution < -0.4 is 4.74 Å². The van der Waals surface area contributed by atoms with Crippen LogP contribution in [-0.4, -0.2) is 67.9 Å². The number of amides is 2. The number of carbonyl (C=O) groups excluding carboxylic acids is 2. The highest BCUT2D eigenvalue weighted by Gasteiger charge is 2.29. The molecule has 0 bridgehead atoms. The molecule has 0 unspecified atom stereocenters. The first kappa shape index (κ1) is 17.0. The highest BCUT2D eigenvalue weighted by molar-refractivity contribution is 5.94. The Labute approximate surface area is 155 Å². The van der Waals surface area contributed by atoms with E-state index >= 15 is 0 Å². The zero-order chi connectivity index (χ0) is 18.8. The van der Waals surface area contributed by atoms with Gasteiger partial charge in [-0.3, -0.25) is 9.59 Å². The number of benzene rings is 1. The number of aromatic nitrogens is 4. The van der Waals surface area contributed by atoms with E-state index in [1.807, 2.05) is 24.3 Å². The van der Waals surface area contributed by atoms with Gasteiger partial charge in [-0.2, -0.15) is 4.98 Å². The van der Waals surface area contributed by atoms with Crippen molar-refractivity contribution in [2.45, 2.75) is 6.54 Å². The number of methoxy groups -OCH3 is 1. The highest BCUT2D eigenvalue weighted by Crippen LogP contribution is 2.15. The molecule has 1 saturated heterocycles. The fraction of sp³-hybridized carbons (Fsp3) is 0.278. The largest absolute Gasteiger partial charge is 0.497 e. The first-order chi connectivity index (χ1) is 13.1. The number of ether oxygens (including phenoxy) is 1. The fourth-order valence-corrected chi connectivity index (χ4v) is 2.97. The van der Waals surface area contributed by atoms with Gasteiger partial charge in [-0.25, -0.2) is 9.50 Å². The summed E-state index contributed by atoms with van der Waals surface area (Å²) in [6.07, 6.45) is 3.25. The van der Waals surface area contributed by atoms with E-state index in [2.05, 4.69) is 15.1 Å². The number of nitrogens with zero attached hydrogens (tertiary/aromatic N) is 6. The molecule has 2 aromatic heterocycles. The van der Waals surface area contributed by atoms with Crippen LogP contribution in [0.4, 0.5) is 0 Å². The van der Waals surface area contributed by atoms with Crippen molar-refractivity contribution in [2.24, 2.45) is 0 Å². The van der Waals surface area contributed by atoms with Gasteiger partial charge in [-0.15, -0.1) is 5.10 Å². The van der Waals surface area contributed by atoms with E-state index in [4.69, 9.17) is 4.74 Å². The third kappa shape index (κ3) is 3.43. The molecular weight excluding hydrogens is 348 g/mol. The molecule has 1 aliphatic heterocycles. The molecule has 0 radical (unpaired) electrons. The van der Waals surface area contributed by atoms with Gasteiger partial charge in [-0.05, 0) is 23.8 Å². The van der Waals surface area contributed by atoms with Gasteiger partial charge < -0.3 is 14.5 Å². The van der Waals surface area contributed by atoms with E-state index in [-0.39, 0.29) is 24.2 Å². The van der Waals surface area contributed by atoms with Crippen LogP contribution in [0.1, 0.15) is 16.2 Å². The molecule has 0 spiro atoms. The van der Waals surface area contributed by atoms with Gasteiger partial charge in [0.1, 0.15) is 12.3 Å². The molecule has 27 heavy (non-hydrogen) atoms. The molecular formula is C18H18N6O3. The molecule has 9 nitrogen and oxygen atoms in total. The zero-order valence-electron chi connectivity index (χ0n) is 14.8. The maximum Gasteiger partial charge on any atom is 0.294 e.